The van der Waals surface area contributed by atoms with E-state index in [1.54, 1.807) is 19.2 Å². The van der Waals surface area contributed by atoms with Crippen LogP contribution >= 0.6 is 11.6 Å². The smallest absolute Gasteiger partial charge is 0.258 e. The molecule has 3 rings (SSSR count). The molecule has 3 aromatic carbocycles. The molecule has 1 amide bonds. The van der Waals surface area contributed by atoms with Crippen molar-refractivity contribution < 1.29 is 14.3 Å². The van der Waals surface area contributed by atoms with Gasteiger partial charge in [0.15, 0.2) is 6.61 Å². The van der Waals surface area contributed by atoms with Crippen LogP contribution in [-0.2, 0) is 4.79 Å². The molecule has 0 saturated heterocycles. The zero-order valence-electron chi connectivity index (χ0n) is 14.7. The molecular weight excluding hydrogens is 350 g/mol. The summed E-state index contributed by atoms with van der Waals surface area (Å²) in [5.74, 6) is 1.16. The molecule has 0 bridgehead atoms. The van der Waals surface area contributed by atoms with Crippen LogP contribution in [0.1, 0.15) is 18.5 Å². The number of benzene rings is 3. The molecule has 26 heavy (non-hydrogen) atoms. The van der Waals surface area contributed by atoms with E-state index < -0.39 is 0 Å². The maximum Gasteiger partial charge on any atom is 0.258 e. The lowest BCUT2D eigenvalue weighted by atomic mass is 10.1. The van der Waals surface area contributed by atoms with Gasteiger partial charge in [-0.05, 0) is 25.1 Å². The monoisotopic (exact) mass is 369 g/mol. The van der Waals surface area contributed by atoms with Gasteiger partial charge in [0.2, 0.25) is 0 Å². The van der Waals surface area contributed by atoms with Gasteiger partial charge in [0, 0.05) is 21.4 Å². The van der Waals surface area contributed by atoms with Crippen molar-refractivity contribution in [2.45, 2.75) is 13.0 Å². The third kappa shape index (κ3) is 3.92. The number of methoxy groups -OCH3 is 1. The van der Waals surface area contributed by atoms with E-state index in [-0.39, 0.29) is 18.6 Å². The molecule has 3 aromatic rings. The quantitative estimate of drug-likeness (QED) is 0.681. The summed E-state index contributed by atoms with van der Waals surface area (Å²) in [6.07, 6.45) is 0. The van der Waals surface area contributed by atoms with Gasteiger partial charge < -0.3 is 14.8 Å². The Kier molecular flexibility index (Phi) is 5.64. The minimum atomic E-state index is -0.206. The van der Waals surface area contributed by atoms with Gasteiger partial charge in [-0.25, -0.2) is 0 Å². The van der Waals surface area contributed by atoms with Crippen LogP contribution in [0.4, 0.5) is 0 Å². The Bertz CT molecular complexity index is 926. The second kappa shape index (κ2) is 8.11. The van der Waals surface area contributed by atoms with E-state index in [1.807, 2.05) is 55.5 Å². The molecule has 0 aliphatic carbocycles. The summed E-state index contributed by atoms with van der Waals surface area (Å²) in [7, 11) is 1.61. The van der Waals surface area contributed by atoms with Crippen molar-refractivity contribution in [3.8, 4) is 11.5 Å². The standard InChI is InChI=1S/C21H20ClNO3/c1-14(15-7-5-6-10-19(15)25-2)23-21(24)13-26-20-12-11-18(22)16-8-3-4-9-17(16)20/h3-12,14H,13H2,1-2H3,(H,23,24). The van der Waals surface area contributed by atoms with Crippen LogP contribution in [0.15, 0.2) is 60.7 Å². The van der Waals surface area contributed by atoms with Gasteiger partial charge in [-0.3, -0.25) is 4.79 Å². The van der Waals surface area contributed by atoms with E-state index in [4.69, 9.17) is 21.1 Å². The molecule has 0 aliphatic rings. The summed E-state index contributed by atoms with van der Waals surface area (Å²) >= 11 is 6.21. The van der Waals surface area contributed by atoms with Crippen LogP contribution < -0.4 is 14.8 Å². The summed E-state index contributed by atoms with van der Waals surface area (Å²) in [5, 5.41) is 5.36. The van der Waals surface area contributed by atoms with Crippen molar-refractivity contribution in [1.29, 1.82) is 0 Å². The van der Waals surface area contributed by atoms with Crippen LogP contribution in [0.5, 0.6) is 11.5 Å². The fourth-order valence-corrected chi connectivity index (χ4v) is 3.12. The van der Waals surface area contributed by atoms with Gasteiger partial charge >= 0.3 is 0 Å². The van der Waals surface area contributed by atoms with Crippen LogP contribution in [0.2, 0.25) is 5.02 Å². The van der Waals surface area contributed by atoms with Crippen LogP contribution in [0, 0.1) is 0 Å². The van der Waals surface area contributed by atoms with E-state index in [0.717, 1.165) is 22.1 Å². The molecular formula is C21H20ClNO3. The number of fused-ring (bicyclic) bond motifs is 1. The predicted molar refractivity (Wildman–Crippen MR) is 104 cm³/mol. The van der Waals surface area contributed by atoms with Gasteiger partial charge in [-0.2, -0.15) is 0 Å². The first kappa shape index (κ1) is 18.1. The number of hydrogen-bond donors (Lipinski definition) is 1. The second-order valence-corrected chi connectivity index (χ2v) is 6.32. The fraction of sp³-hybridized carbons (Fsp3) is 0.190. The van der Waals surface area contributed by atoms with Crippen molar-refractivity contribution in [1.82, 2.24) is 5.32 Å². The van der Waals surface area contributed by atoms with Gasteiger partial charge in [0.1, 0.15) is 11.5 Å². The first-order chi connectivity index (χ1) is 12.6. The molecule has 1 atom stereocenters. The molecule has 4 nitrogen and oxygen atoms in total. The number of ether oxygens (including phenoxy) is 2. The number of hydrogen-bond acceptors (Lipinski definition) is 3. The van der Waals surface area contributed by atoms with E-state index in [9.17, 15) is 4.79 Å². The van der Waals surface area contributed by atoms with Gasteiger partial charge in [0.05, 0.1) is 13.2 Å². The third-order valence-electron chi connectivity index (χ3n) is 4.17. The van der Waals surface area contributed by atoms with E-state index >= 15 is 0 Å². The Morgan fingerprint density at radius 1 is 1.00 bits per heavy atom. The Morgan fingerprint density at radius 2 is 1.69 bits per heavy atom. The SMILES string of the molecule is COc1ccccc1C(C)NC(=O)COc1ccc(Cl)c2ccccc12. The van der Waals surface area contributed by atoms with Crippen molar-refractivity contribution in [3.63, 3.8) is 0 Å². The minimum Gasteiger partial charge on any atom is -0.496 e. The first-order valence-electron chi connectivity index (χ1n) is 8.32. The Balaban J connectivity index is 1.67. The zero-order chi connectivity index (χ0) is 18.5. The molecule has 0 fully saturated rings. The molecule has 0 aliphatic heterocycles. The highest BCUT2D eigenvalue weighted by Gasteiger charge is 2.14. The molecule has 5 heteroatoms. The zero-order valence-corrected chi connectivity index (χ0v) is 15.4. The summed E-state index contributed by atoms with van der Waals surface area (Å²) in [5.41, 5.74) is 0.917. The largest absolute Gasteiger partial charge is 0.496 e. The lowest BCUT2D eigenvalue weighted by Gasteiger charge is -2.17. The molecule has 0 saturated carbocycles. The van der Waals surface area contributed by atoms with Crippen molar-refractivity contribution in [3.05, 3.63) is 71.2 Å². The fourth-order valence-electron chi connectivity index (χ4n) is 2.89. The summed E-state index contributed by atoms with van der Waals surface area (Å²) in [6, 6.07) is 18.6. The van der Waals surface area contributed by atoms with Crippen LogP contribution in [0.3, 0.4) is 0 Å². The predicted octanol–water partition coefficient (Wildman–Crippen LogP) is 4.76. The maximum atomic E-state index is 12.3. The average Bonchev–Trinajstić information content (AvgIpc) is 2.67. The van der Waals surface area contributed by atoms with Crippen molar-refractivity contribution in [2.75, 3.05) is 13.7 Å². The highest BCUT2D eigenvalue weighted by molar-refractivity contribution is 6.35. The molecule has 1 unspecified atom stereocenters. The highest BCUT2D eigenvalue weighted by atomic mass is 35.5. The minimum absolute atomic E-state index is 0.0783. The van der Waals surface area contributed by atoms with Gasteiger partial charge in [-0.1, -0.05) is 54.1 Å². The summed E-state index contributed by atoms with van der Waals surface area (Å²) in [6.45, 7) is 1.83. The third-order valence-corrected chi connectivity index (χ3v) is 4.50. The van der Waals surface area contributed by atoms with E-state index in [2.05, 4.69) is 5.32 Å². The number of amides is 1. The Labute approximate surface area is 157 Å². The van der Waals surface area contributed by atoms with Crippen molar-refractivity contribution >= 4 is 28.3 Å². The lowest BCUT2D eigenvalue weighted by Crippen LogP contribution is -2.31. The molecule has 134 valence electrons. The van der Waals surface area contributed by atoms with Crippen molar-refractivity contribution in [2.24, 2.45) is 0 Å². The topological polar surface area (TPSA) is 47.6 Å². The Morgan fingerprint density at radius 3 is 2.46 bits per heavy atom. The molecule has 1 N–H and O–H groups in total. The summed E-state index contributed by atoms with van der Waals surface area (Å²) < 4.78 is 11.1. The normalized spacial score (nSPS) is 11.8. The van der Waals surface area contributed by atoms with Crippen LogP contribution in [0.25, 0.3) is 10.8 Å². The number of rotatable bonds is 6. The van der Waals surface area contributed by atoms with Crippen LogP contribution in [-0.4, -0.2) is 19.6 Å². The number of carbonyl (C=O) groups is 1. The number of carbonyl (C=O) groups excluding carboxylic acids is 1. The number of nitrogens with one attached hydrogen (secondary N) is 1. The first-order valence-corrected chi connectivity index (χ1v) is 8.70. The highest BCUT2D eigenvalue weighted by Crippen LogP contribution is 2.31. The molecule has 0 spiro atoms. The molecule has 0 radical (unpaired) electrons. The maximum absolute atomic E-state index is 12.3. The number of halogens is 1. The Hall–Kier alpha value is -2.72. The lowest BCUT2D eigenvalue weighted by molar-refractivity contribution is -0.123. The average molecular weight is 370 g/mol. The summed E-state index contributed by atoms with van der Waals surface area (Å²) in [4.78, 5) is 12.3. The van der Waals surface area contributed by atoms with Gasteiger partial charge in [-0.15, -0.1) is 0 Å². The molecule has 0 aromatic heterocycles. The number of para-hydroxylation sites is 1. The molecule has 0 heterocycles. The van der Waals surface area contributed by atoms with E-state index in [0.29, 0.717) is 10.8 Å². The van der Waals surface area contributed by atoms with Gasteiger partial charge in [0.25, 0.3) is 5.91 Å². The van der Waals surface area contributed by atoms with E-state index in [1.165, 1.54) is 0 Å². The second-order valence-electron chi connectivity index (χ2n) is 5.91.